The van der Waals surface area contributed by atoms with Gasteiger partial charge in [0.05, 0.1) is 33.2 Å². The van der Waals surface area contributed by atoms with Crippen molar-refractivity contribution in [2.24, 2.45) is 0 Å². The predicted octanol–water partition coefficient (Wildman–Crippen LogP) is 3.39. The van der Waals surface area contributed by atoms with E-state index in [1.807, 2.05) is 29.4 Å². The molecule has 0 bridgehead atoms. The summed E-state index contributed by atoms with van der Waals surface area (Å²) in [5.41, 5.74) is 2.08. The van der Waals surface area contributed by atoms with Crippen molar-refractivity contribution < 1.29 is 9.59 Å². The highest BCUT2D eigenvalue weighted by atomic mass is 32.1. The van der Waals surface area contributed by atoms with E-state index in [4.69, 9.17) is 0 Å². The lowest BCUT2D eigenvalue weighted by atomic mass is 10.2. The molecule has 0 N–H and O–H groups in total. The van der Waals surface area contributed by atoms with Gasteiger partial charge in [0.15, 0.2) is 5.78 Å². The number of fused-ring (bicyclic) bond motifs is 1. The number of imidazole rings is 1. The number of carbonyl (C=O) groups excluding carboxylic acids is 2. The van der Waals surface area contributed by atoms with E-state index in [2.05, 4.69) is 15.6 Å². The number of thiophene rings is 1. The van der Waals surface area contributed by atoms with Gasteiger partial charge in [-0.3, -0.25) is 9.59 Å². The van der Waals surface area contributed by atoms with E-state index in [0.29, 0.717) is 16.3 Å². The zero-order chi connectivity index (χ0) is 16.7. The molecule has 5 nitrogen and oxygen atoms in total. The number of carbonyl (C=O) groups is 2. The molecular weight excluding hydrogens is 322 g/mol. The molecule has 122 valence electrons. The molecule has 3 heterocycles. The second-order valence-electron chi connectivity index (χ2n) is 6.05. The van der Waals surface area contributed by atoms with E-state index >= 15 is 0 Å². The third-order valence-corrected chi connectivity index (χ3v) is 5.66. The summed E-state index contributed by atoms with van der Waals surface area (Å²) in [5, 5.41) is 0. The van der Waals surface area contributed by atoms with Crippen LogP contribution in [0.4, 0.5) is 0 Å². The number of likely N-dealkylation sites (tertiary alicyclic amines) is 1. The first-order valence-corrected chi connectivity index (χ1v) is 8.77. The van der Waals surface area contributed by atoms with Crippen molar-refractivity contribution >= 4 is 34.1 Å². The third kappa shape index (κ3) is 2.53. The molecule has 0 unspecified atom stereocenters. The Labute approximate surface area is 143 Å². The lowest BCUT2D eigenvalue weighted by Gasteiger charge is -2.16. The molecule has 24 heavy (non-hydrogen) atoms. The molecule has 2 aromatic heterocycles. The predicted molar refractivity (Wildman–Crippen MR) is 93.6 cm³/mol. The normalized spacial score (nSPS) is 17.5. The fourth-order valence-corrected chi connectivity index (χ4v) is 4.09. The molecule has 3 aromatic rings. The van der Waals surface area contributed by atoms with Gasteiger partial charge in [0.2, 0.25) is 0 Å². The Hall–Kier alpha value is -2.47. The van der Waals surface area contributed by atoms with Gasteiger partial charge in [0, 0.05) is 13.1 Å². The zero-order valence-corrected chi connectivity index (χ0v) is 14.1. The van der Waals surface area contributed by atoms with Crippen LogP contribution in [0.25, 0.3) is 11.0 Å². The molecule has 1 amide bonds. The zero-order valence-electron chi connectivity index (χ0n) is 13.3. The summed E-state index contributed by atoms with van der Waals surface area (Å²) in [6.07, 6.45) is 2.78. The van der Waals surface area contributed by atoms with Gasteiger partial charge in [-0.1, -0.05) is 12.1 Å². The number of Topliss-reactive ketones (excluding diaryl/α,β-unsaturated/α-hetero) is 1. The molecule has 1 aliphatic rings. The highest BCUT2D eigenvalue weighted by Gasteiger charge is 2.29. The van der Waals surface area contributed by atoms with Crippen LogP contribution in [0.15, 0.2) is 42.7 Å². The van der Waals surface area contributed by atoms with Crippen LogP contribution in [0, 0.1) is 0 Å². The van der Waals surface area contributed by atoms with Gasteiger partial charge in [0.25, 0.3) is 5.91 Å². The largest absolute Gasteiger partial charge is 0.336 e. The third-order valence-electron chi connectivity index (χ3n) is 4.49. The maximum atomic E-state index is 12.7. The lowest BCUT2D eigenvalue weighted by Crippen LogP contribution is -2.28. The number of nitrogens with zero attached hydrogens (tertiary/aromatic N) is 3. The average molecular weight is 339 g/mol. The van der Waals surface area contributed by atoms with Gasteiger partial charge in [-0.15, -0.1) is 11.3 Å². The minimum atomic E-state index is 0.00299. The maximum Gasteiger partial charge on any atom is 0.264 e. The van der Waals surface area contributed by atoms with Crippen LogP contribution < -0.4 is 0 Å². The lowest BCUT2D eigenvalue weighted by molar-refractivity contribution is 0.0792. The first kappa shape index (κ1) is 15.1. The summed E-state index contributed by atoms with van der Waals surface area (Å²) in [7, 11) is 0. The molecule has 0 aliphatic carbocycles. The average Bonchev–Trinajstić information content (AvgIpc) is 3.32. The molecule has 1 aliphatic heterocycles. The minimum absolute atomic E-state index is 0.00299. The van der Waals surface area contributed by atoms with Gasteiger partial charge in [-0.2, -0.15) is 0 Å². The number of aromatic nitrogens is 2. The van der Waals surface area contributed by atoms with E-state index in [0.717, 1.165) is 24.0 Å². The molecule has 1 atom stereocenters. The number of hydrogen-bond acceptors (Lipinski definition) is 4. The summed E-state index contributed by atoms with van der Waals surface area (Å²) in [6.45, 7) is 2.92. The van der Waals surface area contributed by atoms with Crippen LogP contribution in [0.2, 0.25) is 0 Å². The van der Waals surface area contributed by atoms with Gasteiger partial charge >= 0.3 is 0 Å². The molecule has 1 fully saturated rings. The van der Waals surface area contributed by atoms with E-state index < -0.39 is 0 Å². The number of hydrogen-bond donors (Lipinski definition) is 0. The van der Waals surface area contributed by atoms with Crippen molar-refractivity contribution in [3.05, 3.63) is 52.5 Å². The van der Waals surface area contributed by atoms with Crippen LogP contribution in [0.3, 0.4) is 0 Å². The SMILES string of the molecule is CC(=O)c1ccc(C(=O)N2CC[C@H](n3cnc4ccccc43)C2)s1. The highest BCUT2D eigenvalue weighted by Crippen LogP contribution is 2.28. The first-order chi connectivity index (χ1) is 11.6. The van der Waals surface area contributed by atoms with Crippen molar-refractivity contribution in [2.75, 3.05) is 13.1 Å². The topological polar surface area (TPSA) is 55.2 Å². The summed E-state index contributed by atoms with van der Waals surface area (Å²) >= 11 is 1.28. The maximum absolute atomic E-state index is 12.7. The number of para-hydroxylation sites is 2. The Balaban J connectivity index is 1.53. The molecule has 4 rings (SSSR count). The van der Waals surface area contributed by atoms with Crippen LogP contribution >= 0.6 is 11.3 Å². The van der Waals surface area contributed by atoms with E-state index in [-0.39, 0.29) is 17.7 Å². The molecule has 1 saturated heterocycles. The van der Waals surface area contributed by atoms with Gasteiger partial charge < -0.3 is 9.47 Å². The van der Waals surface area contributed by atoms with E-state index in [1.165, 1.54) is 18.3 Å². The van der Waals surface area contributed by atoms with Crippen LogP contribution in [-0.4, -0.2) is 39.2 Å². The number of benzene rings is 1. The second-order valence-corrected chi connectivity index (χ2v) is 7.14. The molecule has 0 spiro atoms. The summed E-state index contributed by atoms with van der Waals surface area (Å²) in [4.78, 5) is 31.6. The number of amides is 1. The highest BCUT2D eigenvalue weighted by molar-refractivity contribution is 7.15. The van der Waals surface area contributed by atoms with Crippen molar-refractivity contribution in [3.8, 4) is 0 Å². The summed E-state index contributed by atoms with van der Waals surface area (Å²) in [5.74, 6) is 0.0163. The van der Waals surface area contributed by atoms with E-state index in [1.54, 1.807) is 12.1 Å². The summed E-state index contributed by atoms with van der Waals surface area (Å²) in [6, 6.07) is 11.8. The van der Waals surface area contributed by atoms with E-state index in [9.17, 15) is 9.59 Å². The fraction of sp³-hybridized carbons (Fsp3) is 0.278. The number of ketones is 1. The second kappa shape index (κ2) is 5.87. The smallest absolute Gasteiger partial charge is 0.264 e. The molecule has 0 saturated carbocycles. The molecule has 1 aromatic carbocycles. The Morgan fingerprint density at radius 3 is 2.75 bits per heavy atom. The van der Waals surface area contributed by atoms with Crippen LogP contribution in [0.1, 0.15) is 38.7 Å². The van der Waals surface area contributed by atoms with Crippen LogP contribution in [-0.2, 0) is 0 Å². The van der Waals surface area contributed by atoms with Crippen molar-refractivity contribution in [1.29, 1.82) is 0 Å². The van der Waals surface area contributed by atoms with Gasteiger partial charge in [-0.05, 0) is 37.6 Å². The molecule has 6 heteroatoms. The Morgan fingerprint density at radius 1 is 1.17 bits per heavy atom. The van der Waals surface area contributed by atoms with Crippen molar-refractivity contribution in [1.82, 2.24) is 14.5 Å². The Morgan fingerprint density at radius 2 is 1.96 bits per heavy atom. The van der Waals surface area contributed by atoms with Gasteiger partial charge in [-0.25, -0.2) is 4.98 Å². The molecular formula is C18H17N3O2S. The van der Waals surface area contributed by atoms with Crippen molar-refractivity contribution in [2.45, 2.75) is 19.4 Å². The standard InChI is InChI=1S/C18H17N3O2S/c1-12(22)16-6-7-17(24-16)18(23)20-9-8-13(10-20)21-11-19-14-4-2-3-5-15(14)21/h2-7,11,13H,8-10H2,1H3/t13-/m0/s1. The first-order valence-electron chi connectivity index (χ1n) is 7.95. The quantitative estimate of drug-likeness (QED) is 0.687. The van der Waals surface area contributed by atoms with Gasteiger partial charge in [0.1, 0.15) is 0 Å². The monoisotopic (exact) mass is 339 g/mol. The Kier molecular flexibility index (Phi) is 3.69. The summed E-state index contributed by atoms with van der Waals surface area (Å²) < 4.78 is 2.16. The number of rotatable bonds is 3. The van der Waals surface area contributed by atoms with Crippen LogP contribution in [0.5, 0.6) is 0 Å². The minimum Gasteiger partial charge on any atom is -0.336 e. The van der Waals surface area contributed by atoms with Crippen molar-refractivity contribution in [3.63, 3.8) is 0 Å². The fourth-order valence-electron chi connectivity index (χ4n) is 3.22. The molecule has 0 radical (unpaired) electrons. The Bertz CT molecular complexity index is 927.